The van der Waals surface area contributed by atoms with E-state index in [4.69, 9.17) is 0 Å². The number of fused-ring (bicyclic) bond motifs is 1. The number of amides is 2. The Morgan fingerprint density at radius 1 is 1.03 bits per heavy atom. The van der Waals surface area contributed by atoms with Crippen LogP contribution in [0.25, 0.3) is 10.8 Å². The summed E-state index contributed by atoms with van der Waals surface area (Å²) in [4.78, 5) is 38.8. The molecule has 0 unspecified atom stereocenters. The highest BCUT2D eigenvalue weighted by molar-refractivity contribution is 5.95. The summed E-state index contributed by atoms with van der Waals surface area (Å²) in [6, 6.07) is 12.8. The van der Waals surface area contributed by atoms with Gasteiger partial charge in [-0.2, -0.15) is 5.10 Å². The van der Waals surface area contributed by atoms with Crippen LogP contribution < -0.4 is 10.9 Å². The van der Waals surface area contributed by atoms with Crippen molar-refractivity contribution in [1.82, 2.24) is 14.7 Å². The molecule has 2 amide bonds. The molecular weight excluding hydrogens is 368 g/mol. The van der Waals surface area contributed by atoms with Crippen LogP contribution in [-0.4, -0.2) is 40.1 Å². The number of benzene rings is 2. The molecule has 0 aliphatic carbocycles. The smallest absolute Gasteiger partial charge is 0.275 e. The van der Waals surface area contributed by atoms with Crippen molar-refractivity contribution in [3.05, 3.63) is 69.6 Å². The quantitative estimate of drug-likeness (QED) is 0.723. The number of hydrogen-bond donors (Lipinski definition) is 1. The van der Waals surface area contributed by atoms with E-state index in [2.05, 4.69) is 10.4 Å². The van der Waals surface area contributed by atoms with Gasteiger partial charge in [0.25, 0.3) is 5.56 Å². The zero-order chi connectivity index (χ0) is 21.1. The van der Waals surface area contributed by atoms with Gasteiger partial charge in [-0.05, 0) is 44.0 Å². The van der Waals surface area contributed by atoms with E-state index in [1.54, 1.807) is 19.1 Å². The van der Waals surface area contributed by atoms with Crippen molar-refractivity contribution in [3.63, 3.8) is 0 Å². The normalized spacial score (nSPS) is 10.8. The second kappa shape index (κ2) is 8.26. The lowest BCUT2D eigenvalue weighted by molar-refractivity contribution is -0.134. The van der Waals surface area contributed by atoms with Gasteiger partial charge in [0.05, 0.1) is 17.6 Å². The van der Waals surface area contributed by atoms with Gasteiger partial charge in [-0.3, -0.25) is 14.4 Å². The standard InChI is InChI=1S/C22H24N4O3/c1-14-8-7-11-19(15(14)2)23-20(27)12-25(4)21(28)13-26-22(29)18-10-6-5-9-17(18)16(3)24-26/h5-11H,12-13H2,1-4H3,(H,23,27). The largest absolute Gasteiger partial charge is 0.335 e. The predicted octanol–water partition coefficient (Wildman–Crippen LogP) is 2.42. The molecule has 7 heteroatoms. The Bertz CT molecular complexity index is 1150. The van der Waals surface area contributed by atoms with Crippen LogP contribution in [0.3, 0.4) is 0 Å². The van der Waals surface area contributed by atoms with E-state index in [0.29, 0.717) is 11.1 Å². The summed E-state index contributed by atoms with van der Waals surface area (Å²) in [6.07, 6.45) is 0. The van der Waals surface area contributed by atoms with Gasteiger partial charge in [-0.1, -0.05) is 30.3 Å². The van der Waals surface area contributed by atoms with Gasteiger partial charge in [0.15, 0.2) is 0 Å². The highest BCUT2D eigenvalue weighted by Crippen LogP contribution is 2.17. The van der Waals surface area contributed by atoms with Gasteiger partial charge in [-0.15, -0.1) is 0 Å². The summed E-state index contributed by atoms with van der Waals surface area (Å²) < 4.78 is 1.15. The number of rotatable bonds is 5. The fraction of sp³-hybridized carbons (Fsp3) is 0.273. The molecule has 0 fully saturated rings. The third-order valence-corrected chi connectivity index (χ3v) is 5.02. The Balaban J connectivity index is 1.70. The number of aryl methyl sites for hydroxylation is 2. The van der Waals surface area contributed by atoms with E-state index in [0.717, 1.165) is 26.9 Å². The summed E-state index contributed by atoms with van der Waals surface area (Å²) in [6.45, 7) is 5.35. The summed E-state index contributed by atoms with van der Waals surface area (Å²) >= 11 is 0. The Kier molecular flexibility index (Phi) is 5.77. The second-order valence-corrected chi connectivity index (χ2v) is 7.14. The monoisotopic (exact) mass is 392 g/mol. The van der Waals surface area contributed by atoms with E-state index in [9.17, 15) is 14.4 Å². The van der Waals surface area contributed by atoms with Crippen LogP contribution in [0.1, 0.15) is 16.8 Å². The van der Waals surface area contributed by atoms with Crippen molar-refractivity contribution in [2.45, 2.75) is 27.3 Å². The summed E-state index contributed by atoms with van der Waals surface area (Å²) in [5.41, 5.74) is 3.12. The maximum Gasteiger partial charge on any atom is 0.275 e. The van der Waals surface area contributed by atoms with Crippen molar-refractivity contribution < 1.29 is 9.59 Å². The van der Waals surface area contributed by atoms with E-state index < -0.39 is 0 Å². The molecule has 0 saturated heterocycles. The molecule has 7 nitrogen and oxygen atoms in total. The topological polar surface area (TPSA) is 84.3 Å². The van der Waals surface area contributed by atoms with Gasteiger partial charge in [0.1, 0.15) is 6.54 Å². The molecule has 2 aromatic carbocycles. The maximum atomic E-state index is 12.6. The van der Waals surface area contributed by atoms with Crippen molar-refractivity contribution in [2.24, 2.45) is 0 Å². The van der Waals surface area contributed by atoms with E-state index in [1.165, 1.54) is 11.9 Å². The van der Waals surface area contributed by atoms with Crippen LogP contribution in [0.15, 0.2) is 47.3 Å². The first-order valence-electron chi connectivity index (χ1n) is 9.34. The molecule has 0 aliphatic rings. The minimum atomic E-state index is -0.370. The number of carbonyl (C=O) groups excluding carboxylic acids is 2. The molecule has 0 radical (unpaired) electrons. The average Bonchev–Trinajstić information content (AvgIpc) is 2.69. The average molecular weight is 392 g/mol. The third-order valence-electron chi connectivity index (χ3n) is 5.02. The lowest BCUT2D eigenvalue weighted by Crippen LogP contribution is -2.39. The first kappa shape index (κ1) is 20.3. The number of anilines is 1. The van der Waals surface area contributed by atoms with Gasteiger partial charge >= 0.3 is 0 Å². The van der Waals surface area contributed by atoms with Crippen LogP contribution in [0.5, 0.6) is 0 Å². The molecule has 1 heterocycles. The minimum Gasteiger partial charge on any atom is -0.335 e. The van der Waals surface area contributed by atoms with Crippen LogP contribution in [-0.2, 0) is 16.1 Å². The summed E-state index contributed by atoms with van der Waals surface area (Å²) in [5.74, 6) is -0.671. The van der Waals surface area contributed by atoms with Crippen molar-refractivity contribution in [1.29, 1.82) is 0 Å². The predicted molar refractivity (Wildman–Crippen MR) is 113 cm³/mol. The van der Waals surface area contributed by atoms with Crippen molar-refractivity contribution >= 4 is 28.3 Å². The number of likely N-dealkylation sites (N-methyl/N-ethyl adjacent to an activating group) is 1. The molecule has 0 aliphatic heterocycles. The lowest BCUT2D eigenvalue weighted by Gasteiger charge is -2.18. The minimum absolute atomic E-state index is 0.118. The molecule has 1 N–H and O–H groups in total. The molecule has 3 aromatic rings. The molecule has 0 bridgehead atoms. The SMILES string of the molecule is Cc1cccc(NC(=O)CN(C)C(=O)Cn2nc(C)c3ccccc3c2=O)c1C. The van der Waals surface area contributed by atoms with Gasteiger partial charge in [0.2, 0.25) is 11.8 Å². The van der Waals surface area contributed by atoms with Crippen LogP contribution in [0, 0.1) is 20.8 Å². The van der Waals surface area contributed by atoms with E-state index in [-0.39, 0.29) is 30.5 Å². The van der Waals surface area contributed by atoms with Crippen molar-refractivity contribution in [2.75, 3.05) is 18.9 Å². The third kappa shape index (κ3) is 4.34. The summed E-state index contributed by atoms with van der Waals surface area (Å²) in [7, 11) is 1.53. The lowest BCUT2D eigenvalue weighted by atomic mass is 10.1. The molecular formula is C22H24N4O3. The van der Waals surface area contributed by atoms with Gasteiger partial charge < -0.3 is 10.2 Å². The second-order valence-electron chi connectivity index (χ2n) is 7.14. The number of hydrogen-bond acceptors (Lipinski definition) is 4. The molecule has 0 spiro atoms. The first-order valence-corrected chi connectivity index (χ1v) is 9.34. The van der Waals surface area contributed by atoms with Gasteiger partial charge in [-0.25, -0.2) is 4.68 Å². The Morgan fingerprint density at radius 3 is 2.45 bits per heavy atom. The van der Waals surface area contributed by atoms with Gasteiger partial charge in [0, 0.05) is 18.1 Å². The summed E-state index contributed by atoms with van der Waals surface area (Å²) in [5, 5.41) is 8.36. The Labute approximate surface area is 169 Å². The number of carbonyl (C=O) groups is 2. The van der Waals surface area contributed by atoms with Crippen LogP contribution in [0.4, 0.5) is 5.69 Å². The van der Waals surface area contributed by atoms with Crippen LogP contribution in [0.2, 0.25) is 0 Å². The molecule has 0 saturated carbocycles. The fourth-order valence-corrected chi connectivity index (χ4v) is 3.14. The molecule has 3 rings (SSSR count). The Hall–Kier alpha value is -3.48. The van der Waals surface area contributed by atoms with Crippen molar-refractivity contribution in [3.8, 4) is 0 Å². The fourth-order valence-electron chi connectivity index (χ4n) is 3.14. The molecule has 1 aromatic heterocycles. The van der Waals surface area contributed by atoms with E-state index in [1.807, 2.05) is 44.2 Å². The molecule has 29 heavy (non-hydrogen) atoms. The van der Waals surface area contributed by atoms with Crippen LogP contribution >= 0.6 is 0 Å². The zero-order valence-electron chi connectivity index (χ0n) is 17.0. The highest BCUT2D eigenvalue weighted by Gasteiger charge is 2.17. The number of nitrogens with one attached hydrogen (secondary N) is 1. The highest BCUT2D eigenvalue weighted by atomic mass is 16.2. The number of aromatic nitrogens is 2. The molecule has 0 atom stereocenters. The first-order chi connectivity index (χ1) is 13.8. The number of nitrogens with zero attached hydrogens (tertiary/aromatic N) is 3. The van der Waals surface area contributed by atoms with E-state index >= 15 is 0 Å². The Morgan fingerprint density at radius 2 is 1.72 bits per heavy atom. The maximum absolute atomic E-state index is 12.6. The zero-order valence-corrected chi connectivity index (χ0v) is 17.0. The molecule has 150 valence electrons.